The van der Waals surface area contributed by atoms with Gasteiger partial charge in [-0.15, -0.1) is 0 Å². The zero-order chi connectivity index (χ0) is 15.9. The first-order valence-electron chi connectivity index (χ1n) is 7.02. The molecular formula is C17H18N2O3. The molecule has 0 spiro atoms. The Balaban J connectivity index is 2.01. The number of nitrogens with two attached hydrogens (primary N) is 1. The molecule has 114 valence electrons. The number of para-hydroxylation sites is 1. The van der Waals surface area contributed by atoms with E-state index in [0.29, 0.717) is 23.4 Å². The van der Waals surface area contributed by atoms with Gasteiger partial charge in [-0.05, 0) is 42.8 Å². The van der Waals surface area contributed by atoms with Gasteiger partial charge < -0.3 is 15.8 Å². The number of primary amides is 1. The Kier molecular flexibility index (Phi) is 5.14. The Morgan fingerprint density at radius 2 is 1.73 bits per heavy atom. The minimum Gasteiger partial charge on any atom is -0.481 e. The average Bonchev–Trinajstić information content (AvgIpc) is 2.54. The minimum absolute atomic E-state index is 0.238. The van der Waals surface area contributed by atoms with Gasteiger partial charge in [0.25, 0.3) is 5.91 Å². The van der Waals surface area contributed by atoms with Crippen molar-refractivity contribution in [2.24, 2.45) is 5.73 Å². The summed E-state index contributed by atoms with van der Waals surface area (Å²) in [7, 11) is 0. The molecule has 1 unspecified atom stereocenters. The Morgan fingerprint density at radius 3 is 2.27 bits per heavy atom. The van der Waals surface area contributed by atoms with Crippen LogP contribution in [-0.4, -0.2) is 17.9 Å². The van der Waals surface area contributed by atoms with Crippen LogP contribution in [0.25, 0.3) is 0 Å². The summed E-state index contributed by atoms with van der Waals surface area (Å²) in [5.74, 6) is -0.0940. The van der Waals surface area contributed by atoms with Crippen LogP contribution < -0.4 is 15.8 Å². The minimum atomic E-state index is -0.585. The van der Waals surface area contributed by atoms with E-state index in [9.17, 15) is 9.59 Å². The number of carbonyl (C=O) groups is 2. The predicted octanol–water partition coefficient (Wildman–Crippen LogP) is 2.58. The van der Waals surface area contributed by atoms with E-state index in [1.807, 2.05) is 25.1 Å². The highest BCUT2D eigenvalue weighted by atomic mass is 16.5. The van der Waals surface area contributed by atoms with Gasteiger partial charge in [0, 0.05) is 11.3 Å². The van der Waals surface area contributed by atoms with Crippen LogP contribution in [0.5, 0.6) is 5.75 Å². The monoisotopic (exact) mass is 298 g/mol. The maximum absolute atomic E-state index is 12.2. The van der Waals surface area contributed by atoms with E-state index in [2.05, 4.69) is 5.32 Å². The van der Waals surface area contributed by atoms with Crippen molar-refractivity contribution < 1.29 is 14.3 Å². The van der Waals surface area contributed by atoms with Crippen molar-refractivity contribution in [2.75, 3.05) is 5.32 Å². The van der Waals surface area contributed by atoms with E-state index >= 15 is 0 Å². The molecule has 3 N–H and O–H groups in total. The normalized spacial score (nSPS) is 11.5. The van der Waals surface area contributed by atoms with Crippen molar-refractivity contribution in [1.29, 1.82) is 0 Å². The molecule has 0 saturated carbocycles. The van der Waals surface area contributed by atoms with Gasteiger partial charge in [-0.25, -0.2) is 0 Å². The summed E-state index contributed by atoms with van der Waals surface area (Å²) in [5, 5.41) is 2.76. The van der Waals surface area contributed by atoms with Crippen LogP contribution in [0.1, 0.15) is 23.7 Å². The Labute approximate surface area is 129 Å². The van der Waals surface area contributed by atoms with Crippen LogP contribution in [0.4, 0.5) is 5.69 Å². The van der Waals surface area contributed by atoms with E-state index in [-0.39, 0.29) is 5.91 Å². The maximum atomic E-state index is 12.2. The zero-order valence-corrected chi connectivity index (χ0v) is 12.3. The van der Waals surface area contributed by atoms with Gasteiger partial charge >= 0.3 is 0 Å². The molecule has 0 radical (unpaired) electrons. The molecule has 0 heterocycles. The molecule has 0 fully saturated rings. The summed E-state index contributed by atoms with van der Waals surface area (Å²) in [5.41, 5.74) is 6.16. The second kappa shape index (κ2) is 7.26. The molecule has 2 aromatic rings. The van der Waals surface area contributed by atoms with Crippen molar-refractivity contribution in [3.63, 3.8) is 0 Å². The predicted molar refractivity (Wildman–Crippen MR) is 84.7 cm³/mol. The molecule has 22 heavy (non-hydrogen) atoms. The van der Waals surface area contributed by atoms with Gasteiger partial charge in [-0.3, -0.25) is 9.59 Å². The molecule has 0 aromatic heterocycles. The smallest absolute Gasteiger partial charge is 0.265 e. The van der Waals surface area contributed by atoms with E-state index in [0.717, 1.165) is 0 Å². The number of ether oxygens (including phenoxy) is 1. The zero-order valence-electron chi connectivity index (χ0n) is 12.3. The fraction of sp³-hybridized carbons (Fsp3) is 0.176. The SMILES string of the molecule is CCC(Oc1ccccc1)C(=O)Nc1ccc(C(N)=O)cc1. The first-order chi connectivity index (χ1) is 10.6. The molecule has 0 saturated heterocycles. The molecule has 1 atom stereocenters. The number of carbonyl (C=O) groups excluding carboxylic acids is 2. The second-order valence-corrected chi connectivity index (χ2v) is 4.76. The lowest BCUT2D eigenvalue weighted by atomic mass is 10.2. The highest BCUT2D eigenvalue weighted by molar-refractivity contribution is 5.96. The van der Waals surface area contributed by atoms with Crippen LogP contribution in [0.2, 0.25) is 0 Å². The van der Waals surface area contributed by atoms with E-state index in [1.54, 1.807) is 36.4 Å². The van der Waals surface area contributed by atoms with E-state index < -0.39 is 12.0 Å². The van der Waals surface area contributed by atoms with Crippen LogP contribution in [0, 0.1) is 0 Å². The van der Waals surface area contributed by atoms with Gasteiger partial charge in [-0.1, -0.05) is 25.1 Å². The van der Waals surface area contributed by atoms with Gasteiger partial charge in [-0.2, -0.15) is 0 Å². The third-order valence-corrected chi connectivity index (χ3v) is 3.12. The lowest BCUT2D eigenvalue weighted by Gasteiger charge is -2.17. The summed E-state index contributed by atoms with van der Waals surface area (Å²) in [6.45, 7) is 1.88. The fourth-order valence-electron chi connectivity index (χ4n) is 1.93. The fourth-order valence-corrected chi connectivity index (χ4v) is 1.93. The van der Waals surface area contributed by atoms with Crippen LogP contribution in [0.3, 0.4) is 0 Å². The van der Waals surface area contributed by atoms with Gasteiger partial charge in [0.2, 0.25) is 5.91 Å². The molecule has 5 nitrogen and oxygen atoms in total. The summed E-state index contributed by atoms with van der Waals surface area (Å²) in [6, 6.07) is 15.6. The third-order valence-electron chi connectivity index (χ3n) is 3.12. The van der Waals surface area contributed by atoms with Gasteiger partial charge in [0.05, 0.1) is 0 Å². The molecule has 5 heteroatoms. The van der Waals surface area contributed by atoms with Crippen molar-refractivity contribution >= 4 is 17.5 Å². The molecule has 0 aliphatic rings. The molecule has 2 amide bonds. The average molecular weight is 298 g/mol. The van der Waals surface area contributed by atoms with Crippen LogP contribution >= 0.6 is 0 Å². The summed E-state index contributed by atoms with van der Waals surface area (Å²) in [6.07, 6.45) is -0.0432. The quantitative estimate of drug-likeness (QED) is 0.860. The van der Waals surface area contributed by atoms with Gasteiger partial charge in [0.15, 0.2) is 6.10 Å². The molecule has 0 bridgehead atoms. The number of amides is 2. The molecule has 2 rings (SSSR count). The number of benzene rings is 2. The number of rotatable bonds is 6. The lowest BCUT2D eigenvalue weighted by molar-refractivity contribution is -0.122. The summed E-state index contributed by atoms with van der Waals surface area (Å²) >= 11 is 0. The third kappa shape index (κ3) is 4.09. The van der Waals surface area contributed by atoms with Crippen LogP contribution in [-0.2, 0) is 4.79 Å². The standard InChI is InChI=1S/C17H18N2O3/c1-2-15(22-14-6-4-3-5-7-14)17(21)19-13-10-8-12(9-11-13)16(18)20/h3-11,15H,2H2,1H3,(H2,18,20)(H,19,21). The molecule has 2 aromatic carbocycles. The number of nitrogens with one attached hydrogen (secondary N) is 1. The highest BCUT2D eigenvalue weighted by Crippen LogP contribution is 2.15. The van der Waals surface area contributed by atoms with E-state index in [4.69, 9.17) is 10.5 Å². The first kappa shape index (κ1) is 15.6. The lowest BCUT2D eigenvalue weighted by Crippen LogP contribution is -2.32. The summed E-state index contributed by atoms with van der Waals surface area (Å²) in [4.78, 5) is 23.2. The number of hydrogen-bond acceptors (Lipinski definition) is 3. The van der Waals surface area contributed by atoms with Crippen molar-refractivity contribution in [1.82, 2.24) is 0 Å². The summed E-state index contributed by atoms with van der Waals surface area (Å²) < 4.78 is 5.67. The van der Waals surface area contributed by atoms with Crippen molar-refractivity contribution in [2.45, 2.75) is 19.4 Å². The Morgan fingerprint density at radius 1 is 1.09 bits per heavy atom. The Hall–Kier alpha value is -2.82. The molecular weight excluding hydrogens is 280 g/mol. The highest BCUT2D eigenvalue weighted by Gasteiger charge is 2.18. The Bertz CT molecular complexity index is 639. The second-order valence-electron chi connectivity index (χ2n) is 4.76. The topological polar surface area (TPSA) is 81.4 Å². The molecule has 0 aliphatic carbocycles. The van der Waals surface area contributed by atoms with Gasteiger partial charge in [0.1, 0.15) is 5.75 Å². The van der Waals surface area contributed by atoms with Crippen molar-refractivity contribution in [3.8, 4) is 5.75 Å². The first-order valence-corrected chi connectivity index (χ1v) is 7.02. The number of anilines is 1. The van der Waals surface area contributed by atoms with E-state index in [1.165, 1.54) is 0 Å². The number of hydrogen-bond donors (Lipinski definition) is 2. The van der Waals surface area contributed by atoms with Crippen molar-refractivity contribution in [3.05, 3.63) is 60.2 Å². The maximum Gasteiger partial charge on any atom is 0.265 e. The van der Waals surface area contributed by atoms with Crippen LogP contribution in [0.15, 0.2) is 54.6 Å². The largest absolute Gasteiger partial charge is 0.481 e. The molecule has 0 aliphatic heterocycles.